The molecule has 0 atom stereocenters. The van der Waals surface area contributed by atoms with E-state index >= 15 is 0 Å². The number of nitrogens with zero attached hydrogens (tertiary/aromatic N) is 1. The van der Waals surface area contributed by atoms with E-state index in [1.54, 1.807) is 6.07 Å². The number of hydrogen-bond donors (Lipinski definition) is 2. The molecule has 35 heavy (non-hydrogen) atoms. The average Bonchev–Trinajstić information content (AvgIpc) is 3.20. The molecule has 0 bridgehead atoms. The summed E-state index contributed by atoms with van der Waals surface area (Å²) in [6.07, 6.45) is 0. The number of nitrogens with one attached hydrogen (secondary N) is 1. The largest absolute Gasteiger partial charge is 0.365 e. The van der Waals surface area contributed by atoms with Crippen molar-refractivity contribution in [3.8, 4) is 22.4 Å². The number of aromatic nitrogens is 1. The number of carbonyl (C=O) groups is 2. The molecule has 2 amide bonds. The maximum atomic E-state index is 13.6. The molecular weight excluding hydrogens is 478 g/mol. The van der Waals surface area contributed by atoms with Crippen LogP contribution in [0, 0.1) is 6.92 Å². The van der Waals surface area contributed by atoms with Crippen molar-refractivity contribution in [1.29, 1.82) is 0 Å². The van der Waals surface area contributed by atoms with Crippen molar-refractivity contribution in [1.82, 2.24) is 4.98 Å². The number of benzene rings is 3. The summed E-state index contributed by atoms with van der Waals surface area (Å²) in [5.74, 6) is -0.901. The van der Waals surface area contributed by atoms with Crippen LogP contribution in [0.25, 0.3) is 33.3 Å². The Labute approximate surface area is 213 Å². The van der Waals surface area contributed by atoms with Crippen molar-refractivity contribution in [2.24, 2.45) is 5.73 Å². The Kier molecular flexibility index (Phi) is 6.96. The van der Waals surface area contributed by atoms with Gasteiger partial charge in [-0.1, -0.05) is 78.9 Å². The van der Waals surface area contributed by atoms with Crippen molar-refractivity contribution >= 4 is 51.5 Å². The number of carbonyl (C=O) groups excluding carboxylic acids is 2. The predicted molar refractivity (Wildman–Crippen MR) is 145 cm³/mol. The Bertz CT molecular complexity index is 1530. The number of para-hydroxylation sites is 1. The maximum Gasteiger partial charge on any atom is 0.257 e. The zero-order chi connectivity index (χ0) is 23.7. The lowest BCUT2D eigenvalue weighted by Gasteiger charge is -2.11. The first kappa shape index (κ1) is 24.1. The average molecular weight is 500 g/mol. The Morgan fingerprint density at radius 3 is 2.11 bits per heavy atom. The van der Waals surface area contributed by atoms with Gasteiger partial charge in [-0.15, -0.1) is 23.7 Å². The fourth-order valence-corrected chi connectivity index (χ4v) is 5.19. The topological polar surface area (TPSA) is 85.1 Å². The summed E-state index contributed by atoms with van der Waals surface area (Å²) in [6, 6.07) is 28.6. The predicted octanol–water partition coefficient (Wildman–Crippen LogP) is 6.71. The molecule has 7 heteroatoms. The number of primary amides is 1. The third-order valence-corrected chi connectivity index (χ3v) is 6.67. The number of anilines is 1. The van der Waals surface area contributed by atoms with Crippen molar-refractivity contribution in [3.63, 3.8) is 0 Å². The molecule has 2 aromatic heterocycles. The van der Waals surface area contributed by atoms with E-state index in [1.165, 1.54) is 11.3 Å². The number of pyridine rings is 1. The molecule has 0 spiro atoms. The highest BCUT2D eigenvalue weighted by atomic mass is 35.5. The van der Waals surface area contributed by atoms with Crippen molar-refractivity contribution in [3.05, 3.63) is 107 Å². The van der Waals surface area contributed by atoms with E-state index in [9.17, 15) is 9.59 Å². The Balaban J connectivity index is 0.00000289. The summed E-state index contributed by atoms with van der Waals surface area (Å²) in [5.41, 5.74) is 10.5. The van der Waals surface area contributed by atoms with E-state index in [2.05, 4.69) is 5.32 Å². The van der Waals surface area contributed by atoms with Gasteiger partial charge in [-0.25, -0.2) is 4.98 Å². The number of rotatable bonds is 5. The summed E-state index contributed by atoms with van der Waals surface area (Å²) in [6.45, 7) is 1.92. The summed E-state index contributed by atoms with van der Waals surface area (Å²) < 4.78 is 0. The molecule has 3 N–H and O–H groups in total. The second-order valence-electron chi connectivity index (χ2n) is 7.86. The van der Waals surface area contributed by atoms with Gasteiger partial charge >= 0.3 is 0 Å². The minimum Gasteiger partial charge on any atom is -0.365 e. The molecule has 0 saturated carbocycles. The second-order valence-corrected chi connectivity index (χ2v) is 9.08. The first-order valence-electron chi connectivity index (χ1n) is 10.8. The molecule has 0 fully saturated rings. The fraction of sp³-hybridized carbons (Fsp3) is 0.0357. The van der Waals surface area contributed by atoms with Crippen LogP contribution in [0.4, 0.5) is 5.00 Å². The van der Waals surface area contributed by atoms with Gasteiger partial charge in [0.1, 0.15) is 5.00 Å². The van der Waals surface area contributed by atoms with Crippen LogP contribution in [-0.2, 0) is 0 Å². The summed E-state index contributed by atoms with van der Waals surface area (Å²) in [7, 11) is 0. The van der Waals surface area contributed by atoms with Crippen LogP contribution in [0.5, 0.6) is 0 Å². The van der Waals surface area contributed by atoms with Crippen LogP contribution in [0.15, 0.2) is 91.0 Å². The molecule has 5 rings (SSSR count). The van der Waals surface area contributed by atoms with Crippen LogP contribution < -0.4 is 11.1 Å². The van der Waals surface area contributed by atoms with Gasteiger partial charge in [0.15, 0.2) is 0 Å². The van der Waals surface area contributed by atoms with Gasteiger partial charge in [-0.05, 0) is 24.6 Å². The number of fused-ring (bicyclic) bond motifs is 1. The minimum atomic E-state index is -0.580. The molecule has 0 aliphatic carbocycles. The van der Waals surface area contributed by atoms with Crippen LogP contribution in [0.2, 0.25) is 0 Å². The zero-order valence-corrected chi connectivity index (χ0v) is 20.5. The van der Waals surface area contributed by atoms with Crippen molar-refractivity contribution < 1.29 is 9.59 Å². The second kappa shape index (κ2) is 10.1. The van der Waals surface area contributed by atoms with Gasteiger partial charge < -0.3 is 11.1 Å². The Hall–Kier alpha value is -4.00. The zero-order valence-electron chi connectivity index (χ0n) is 18.8. The SMILES string of the molecule is Cc1sc(NC(=O)c2cc(-c3ccccc3)nc3ccccc23)c(C(N)=O)c1-c1ccccc1.Cl. The fourth-order valence-electron chi connectivity index (χ4n) is 4.11. The standard InChI is InChI=1S/C28H21N3O2S.ClH/c1-17-24(19-12-6-3-7-13-19)25(26(29)32)28(34-17)31-27(33)21-16-23(18-10-4-2-5-11-18)30-22-15-9-8-14-20(21)22;/h2-16H,1H3,(H2,29,32)(H,31,33);1H. The van der Waals surface area contributed by atoms with E-state index < -0.39 is 5.91 Å². The lowest BCUT2D eigenvalue weighted by atomic mass is 10.0. The van der Waals surface area contributed by atoms with Gasteiger partial charge in [0.25, 0.3) is 11.8 Å². The van der Waals surface area contributed by atoms with E-state index in [0.29, 0.717) is 21.8 Å². The van der Waals surface area contributed by atoms with Crippen molar-refractivity contribution in [2.75, 3.05) is 5.32 Å². The number of nitrogens with two attached hydrogens (primary N) is 1. The summed E-state index contributed by atoms with van der Waals surface area (Å²) in [4.78, 5) is 31.7. The van der Waals surface area contributed by atoms with Crippen LogP contribution in [0.3, 0.4) is 0 Å². The monoisotopic (exact) mass is 499 g/mol. The van der Waals surface area contributed by atoms with Gasteiger partial charge in [0.05, 0.1) is 22.3 Å². The number of hydrogen-bond acceptors (Lipinski definition) is 4. The molecule has 0 radical (unpaired) electrons. The number of thiophene rings is 1. The van der Waals surface area contributed by atoms with E-state index in [1.807, 2.05) is 91.9 Å². The molecule has 5 aromatic rings. The highest BCUT2D eigenvalue weighted by Gasteiger charge is 2.24. The number of halogens is 1. The molecule has 0 aliphatic heterocycles. The quantitative estimate of drug-likeness (QED) is 0.282. The molecule has 5 nitrogen and oxygen atoms in total. The van der Waals surface area contributed by atoms with Gasteiger partial charge in [0.2, 0.25) is 0 Å². The van der Waals surface area contributed by atoms with Gasteiger partial charge in [-0.3, -0.25) is 9.59 Å². The lowest BCUT2D eigenvalue weighted by Crippen LogP contribution is -2.17. The first-order valence-corrected chi connectivity index (χ1v) is 11.6. The first-order chi connectivity index (χ1) is 16.5. The normalized spacial score (nSPS) is 10.5. The molecular formula is C28H22ClN3O2S. The van der Waals surface area contributed by atoms with Crippen molar-refractivity contribution in [2.45, 2.75) is 6.92 Å². The van der Waals surface area contributed by atoms with Crippen LogP contribution in [-0.4, -0.2) is 16.8 Å². The molecule has 0 unspecified atom stereocenters. The lowest BCUT2D eigenvalue weighted by molar-refractivity contribution is 0.100. The highest BCUT2D eigenvalue weighted by molar-refractivity contribution is 7.17. The summed E-state index contributed by atoms with van der Waals surface area (Å²) in [5, 5.41) is 4.13. The van der Waals surface area contributed by atoms with E-state index in [4.69, 9.17) is 10.7 Å². The Morgan fingerprint density at radius 1 is 0.857 bits per heavy atom. The third-order valence-electron chi connectivity index (χ3n) is 5.65. The molecule has 0 saturated heterocycles. The minimum absolute atomic E-state index is 0. The van der Waals surface area contributed by atoms with E-state index in [-0.39, 0.29) is 18.3 Å². The molecule has 3 aromatic carbocycles. The van der Waals surface area contributed by atoms with Gasteiger partial charge in [-0.2, -0.15) is 0 Å². The maximum absolute atomic E-state index is 13.6. The van der Waals surface area contributed by atoms with E-state index in [0.717, 1.165) is 32.5 Å². The number of aryl methyl sites for hydroxylation is 1. The third kappa shape index (κ3) is 4.67. The molecule has 0 aliphatic rings. The molecule has 2 heterocycles. The summed E-state index contributed by atoms with van der Waals surface area (Å²) >= 11 is 1.34. The molecule has 174 valence electrons. The number of amides is 2. The van der Waals surface area contributed by atoms with Gasteiger partial charge in [0, 0.05) is 21.4 Å². The highest BCUT2D eigenvalue weighted by Crippen LogP contribution is 2.40. The van der Waals surface area contributed by atoms with Crippen LogP contribution >= 0.6 is 23.7 Å². The van der Waals surface area contributed by atoms with Crippen LogP contribution in [0.1, 0.15) is 25.6 Å². The smallest absolute Gasteiger partial charge is 0.257 e. The Morgan fingerprint density at radius 2 is 1.46 bits per heavy atom.